The van der Waals surface area contributed by atoms with E-state index in [4.69, 9.17) is 5.73 Å². The first-order valence-corrected chi connectivity index (χ1v) is 7.71. The number of carbonyl (C=O) groups excluding carboxylic acids is 1. The Morgan fingerprint density at radius 2 is 2.00 bits per heavy atom. The van der Waals surface area contributed by atoms with Gasteiger partial charge in [0.25, 0.3) is 0 Å². The summed E-state index contributed by atoms with van der Waals surface area (Å²) < 4.78 is 0. The first-order valence-electron chi connectivity index (χ1n) is 7.71. The van der Waals surface area contributed by atoms with Gasteiger partial charge in [-0.05, 0) is 50.6 Å². The molecule has 3 N–H and O–H groups in total. The van der Waals surface area contributed by atoms with Gasteiger partial charge in [-0.3, -0.25) is 4.79 Å². The fourth-order valence-corrected chi connectivity index (χ4v) is 2.49. The number of carbonyl (C=O) groups is 1. The van der Waals surface area contributed by atoms with Crippen LogP contribution in [0.2, 0.25) is 0 Å². The molecule has 1 aliphatic rings. The van der Waals surface area contributed by atoms with Crippen molar-refractivity contribution in [1.29, 1.82) is 0 Å². The smallest absolute Gasteiger partial charge is 0.222 e. The van der Waals surface area contributed by atoms with Crippen molar-refractivity contribution in [1.82, 2.24) is 10.2 Å². The molecule has 0 bridgehead atoms. The van der Waals surface area contributed by atoms with Gasteiger partial charge < -0.3 is 16.0 Å². The summed E-state index contributed by atoms with van der Waals surface area (Å²) in [4.78, 5) is 13.9. The van der Waals surface area contributed by atoms with Crippen LogP contribution in [0.15, 0.2) is 0 Å². The molecule has 1 heterocycles. The zero-order chi connectivity index (χ0) is 14.3. The zero-order valence-corrected chi connectivity index (χ0v) is 12.8. The average molecular weight is 269 g/mol. The molecule has 0 aromatic carbocycles. The lowest BCUT2D eigenvalue weighted by molar-refractivity contribution is -0.130. The number of amides is 1. The van der Waals surface area contributed by atoms with Crippen LogP contribution in [-0.4, -0.2) is 43.5 Å². The largest absolute Gasteiger partial charge is 0.346 e. The van der Waals surface area contributed by atoms with Gasteiger partial charge in [0.05, 0.1) is 0 Å². The Labute approximate surface area is 118 Å². The van der Waals surface area contributed by atoms with E-state index in [1.54, 1.807) is 0 Å². The number of hydrogen-bond donors (Lipinski definition) is 2. The molecule has 0 radical (unpaired) electrons. The predicted octanol–water partition coefficient (Wildman–Crippen LogP) is 1.60. The fraction of sp³-hybridized carbons (Fsp3) is 0.933. The van der Waals surface area contributed by atoms with Gasteiger partial charge in [-0.1, -0.05) is 13.8 Å². The van der Waals surface area contributed by atoms with E-state index < -0.39 is 0 Å². The lowest BCUT2D eigenvalue weighted by atomic mass is 9.93. The summed E-state index contributed by atoms with van der Waals surface area (Å²) in [6, 6.07) is 0.194. The topological polar surface area (TPSA) is 58.4 Å². The highest BCUT2D eigenvalue weighted by molar-refractivity contribution is 5.75. The van der Waals surface area contributed by atoms with Crippen LogP contribution < -0.4 is 11.1 Å². The van der Waals surface area contributed by atoms with E-state index in [2.05, 4.69) is 19.2 Å². The van der Waals surface area contributed by atoms with Crippen molar-refractivity contribution in [3.8, 4) is 0 Å². The summed E-state index contributed by atoms with van der Waals surface area (Å²) in [5.41, 5.74) is 6.01. The van der Waals surface area contributed by atoms with Crippen molar-refractivity contribution >= 4 is 5.91 Å². The highest BCUT2D eigenvalue weighted by atomic mass is 16.2. The number of nitrogens with one attached hydrogen (secondary N) is 1. The maximum atomic E-state index is 12.0. The monoisotopic (exact) mass is 269 g/mol. The second kappa shape index (κ2) is 8.54. The molecule has 112 valence electrons. The molecule has 19 heavy (non-hydrogen) atoms. The van der Waals surface area contributed by atoms with Gasteiger partial charge >= 0.3 is 0 Å². The molecular formula is C15H31N3O. The van der Waals surface area contributed by atoms with Gasteiger partial charge in [-0.15, -0.1) is 0 Å². The maximum absolute atomic E-state index is 12.0. The van der Waals surface area contributed by atoms with Crippen LogP contribution in [0.25, 0.3) is 0 Å². The number of nitrogens with zero attached hydrogens (tertiary/aromatic N) is 1. The molecule has 1 unspecified atom stereocenters. The third-order valence-corrected chi connectivity index (χ3v) is 4.31. The van der Waals surface area contributed by atoms with Crippen molar-refractivity contribution < 1.29 is 4.79 Å². The molecule has 0 aromatic rings. The summed E-state index contributed by atoms with van der Waals surface area (Å²) in [7, 11) is 1.90. The standard InChI is InChI=1S/C15H31N3O/c1-12(2)14(16)8-11-18(3)15(19)5-4-13-6-9-17-10-7-13/h12-14,17H,4-11,16H2,1-3H3. The van der Waals surface area contributed by atoms with Gasteiger partial charge in [0.15, 0.2) is 0 Å². The molecule has 1 atom stereocenters. The Morgan fingerprint density at radius 1 is 1.37 bits per heavy atom. The minimum atomic E-state index is 0.194. The molecule has 1 rings (SSSR count). The number of hydrogen-bond acceptors (Lipinski definition) is 3. The van der Waals surface area contributed by atoms with E-state index in [1.807, 2.05) is 11.9 Å². The van der Waals surface area contributed by atoms with Crippen LogP contribution in [0, 0.1) is 11.8 Å². The second-order valence-corrected chi connectivity index (χ2v) is 6.24. The minimum absolute atomic E-state index is 0.194. The summed E-state index contributed by atoms with van der Waals surface area (Å²) >= 11 is 0. The van der Waals surface area contributed by atoms with Crippen LogP contribution in [-0.2, 0) is 4.79 Å². The van der Waals surface area contributed by atoms with Crippen molar-refractivity contribution in [3.63, 3.8) is 0 Å². The fourth-order valence-electron chi connectivity index (χ4n) is 2.49. The highest BCUT2D eigenvalue weighted by Gasteiger charge is 2.17. The molecule has 1 aliphatic heterocycles. The molecular weight excluding hydrogens is 238 g/mol. The normalized spacial score (nSPS) is 18.6. The third kappa shape index (κ3) is 6.39. The second-order valence-electron chi connectivity index (χ2n) is 6.24. The molecule has 0 aliphatic carbocycles. The summed E-state index contributed by atoms with van der Waals surface area (Å²) in [5.74, 6) is 1.49. The Morgan fingerprint density at radius 3 is 2.58 bits per heavy atom. The molecule has 1 fully saturated rings. The molecule has 0 spiro atoms. The first-order chi connectivity index (χ1) is 9.00. The van der Waals surface area contributed by atoms with Gasteiger partial charge in [0.2, 0.25) is 5.91 Å². The predicted molar refractivity (Wildman–Crippen MR) is 79.9 cm³/mol. The number of piperidine rings is 1. The van der Waals surface area contributed by atoms with Crippen molar-refractivity contribution in [3.05, 3.63) is 0 Å². The van der Waals surface area contributed by atoms with Gasteiger partial charge in [-0.25, -0.2) is 0 Å². The van der Waals surface area contributed by atoms with E-state index >= 15 is 0 Å². The first kappa shape index (κ1) is 16.4. The minimum Gasteiger partial charge on any atom is -0.346 e. The van der Waals surface area contributed by atoms with Gasteiger partial charge in [-0.2, -0.15) is 0 Å². The molecule has 0 saturated carbocycles. The van der Waals surface area contributed by atoms with Crippen LogP contribution in [0.4, 0.5) is 0 Å². The maximum Gasteiger partial charge on any atom is 0.222 e. The molecule has 0 aromatic heterocycles. The van der Waals surface area contributed by atoms with Crippen LogP contribution in [0.5, 0.6) is 0 Å². The summed E-state index contributed by atoms with van der Waals surface area (Å²) in [5, 5.41) is 3.36. The Hall–Kier alpha value is -0.610. The summed E-state index contributed by atoms with van der Waals surface area (Å²) in [6.45, 7) is 7.26. The Kier molecular flexibility index (Phi) is 7.39. The highest BCUT2D eigenvalue weighted by Crippen LogP contribution is 2.18. The molecule has 1 saturated heterocycles. The summed E-state index contributed by atoms with van der Waals surface area (Å²) in [6.07, 6.45) is 5.07. The van der Waals surface area contributed by atoms with Crippen LogP contribution in [0.3, 0.4) is 0 Å². The van der Waals surface area contributed by atoms with Gasteiger partial charge in [0.1, 0.15) is 0 Å². The Balaban J connectivity index is 2.17. The van der Waals surface area contributed by atoms with Crippen molar-refractivity contribution in [2.45, 2.75) is 52.0 Å². The van der Waals surface area contributed by atoms with Crippen molar-refractivity contribution in [2.75, 3.05) is 26.7 Å². The SMILES string of the molecule is CC(C)C(N)CCN(C)C(=O)CCC1CCNCC1. The third-order valence-electron chi connectivity index (χ3n) is 4.31. The lowest BCUT2D eigenvalue weighted by Crippen LogP contribution is -2.35. The Bertz CT molecular complexity index is 262. The van der Waals surface area contributed by atoms with E-state index in [-0.39, 0.29) is 11.9 Å². The van der Waals surface area contributed by atoms with Crippen molar-refractivity contribution in [2.24, 2.45) is 17.6 Å². The number of nitrogens with two attached hydrogens (primary N) is 1. The van der Waals surface area contributed by atoms with Crippen LogP contribution in [0.1, 0.15) is 46.0 Å². The molecule has 1 amide bonds. The van der Waals surface area contributed by atoms with Gasteiger partial charge in [0, 0.05) is 26.1 Å². The molecule has 4 nitrogen and oxygen atoms in total. The lowest BCUT2D eigenvalue weighted by Gasteiger charge is -2.24. The quantitative estimate of drug-likeness (QED) is 0.738. The average Bonchev–Trinajstić information content (AvgIpc) is 2.42. The zero-order valence-electron chi connectivity index (χ0n) is 12.8. The molecule has 4 heteroatoms. The number of rotatable bonds is 7. The van der Waals surface area contributed by atoms with Crippen LogP contribution >= 0.6 is 0 Å². The van der Waals surface area contributed by atoms with E-state index in [9.17, 15) is 4.79 Å². The van der Waals surface area contributed by atoms with E-state index in [0.29, 0.717) is 12.3 Å². The van der Waals surface area contributed by atoms with E-state index in [0.717, 1.165) is 38.4 Å². The van der Waals surface area contributed by atoms with E-state index in [1.165, 1.54) is 12.8 Å².